The molecular weight excluding hydrogens is 132 g/mol. The maximum absolute atomic E-state index is 9.74. The summed E-state index contributed by atoms with van der Waals surface area (Å²) >= 11 is 0. The molecule has 1 rings (SSSR count). The van der Waals surface area contributed by atoms with Crippen molar-refractivity contribution in [2.24, 2.45) is 5.18 Å². The second kappa shape index (κ2) is 4.35. The van der Waals surface area contributed by atoms with E-state index in [1.54, 1.807) is 0 Å². The van der Waals surface area contributed by atoms with Crippen LogP contribution in [0.5, 0.6) is 0 Å². The van der Waals surface area contributed by atoms with Gasteiger partial charge in [0.1, 0.15) is 0 Å². The SMILES string of the molecule is O=NCCN1CCOCC1. The van der Waals surface area contributed by atoms with Gasteiger partial charge in [-0.15, -0.1) is 0 Å². The Morgan fingerprint density at radius 2 is 2.10 bits per heavy atom. The van der Waals surface area contributed by atoms with E-state index < -0.39 is 0 Å². The highest BCUT2D eigenvalue weighted by atomic mass is 16.5. The van der Waals surface area contributed by atoms with Crippen molar-refractivity contribution in [3.05, 3.63) is 4.91 Å². The first-order valence-electron chi connectivity index (χ1n) is 3.52. The molecule has 0 aliphatic carbocycles. The first-order valence-corrected chi connectivity index (χ1v) is 3.52. The lowest BCUT2D eigenvalue weighted by molar-refractivity contribution is 0.0394. The van der Waals surface area contributed by atoms with Crippen LogP contribution >= 0.6 is 0 Å². The van der Waals surface area contributed by atoms with E-state index in [9.17, 15) is 4.91 Å². The largest absolute Gasteiger partial charge is 0.379 e. The Hall–Kier alpha value is -0.480. The molecule has 0 unspecified atom stereocenters. The molecule has 0 atom stereocenters. The topological polar surface area (TPSA) is 41.9 Å². The second-order valence-corrected chi connectivity index (χ2v) is 2.31. The van der Waals surface area contributed by atoms with Gasteiger partial charge in [-0.25, -0.2) is 0 Å². The predicted molar refractivity (Wildman–Crippen MR) is 37.9 cm³/mol. The van der Waals surface area contributed by atoms with Crippen molar-refractivity contribution in [2.45, 2.75) is 0 Å². The maximum atomic E-state index is 9.74. The Bertz CT molecular complexity index is 102. The quantitative estimate of drug-likeness (QED) is 0.527. The van der Waals surface area contributed by atoms with Gasteiger partial charge in [0, 0.05) is 19.6 Å². The molecule has 0 saturated carbocycles. The van der Waals surface area contributed by atoms with Gasteiger partial charge in [-0.05, 0) is 0 Å². The van der Waals surface area contributed by atoms with Crippen LogP contribution in [0.3, 0.4) is 0 Å². The van der Waals surface area contributed by atoms with Crippen LogP contribution in [-0.4, -0.2) is 44.3 Å². The third-order valence-electron chi connectivity index (χ3n) is 1.61. The minimum Gasteiger partial charge on any atom is -0.379 e. The van der Waals surface area contributed by atoms with E-state index in [1.165, 1.54) is 0 Å². The van der Waals surface area contributed by atoms with Crippen molar-refractivity contribution >= 4 is 0 Å². The highest BCUT2D eigenvalue weighted by Gasteiger charge is 2.08. The first kappa shape index (κ1) is 7.63. The fraction of sp³-hybridized carbons (Fsp3) is 1.00. The molecule has 0 N–H and O–H groups in total. The van der Waals surface area contributed by atoms with Crippen molar-refractivity contribution in [3.8, 4) is 0 Å². The summed E-state index contributed by atoms with van der Waals surface area (Å²) < 4.78 is 5.13. The molecule has 58 valence electrons. The summed E-state index contributed by atoms with van der Waals surface area (Å²) in [6.45, 7) is 4.65. The molecule has 0 aromatic heterocycles. The Kier molecular flexibility index (Phi) is 3.32. The lowest BCUT2D eigenvalue weighted by atomic mass is 10.4. The van der Waals surface area contributed by atoms with E-state index in [0.717, 1.165) is 32.8 Å². The van der Waals surface area contributed by atoms with Crippen LogP contribution in [-0.2, 0) is 4.74 Å². The summed E-state index contributed by atoms with van der Waals surface area (Å²) in [5, 5.41) is 2.80. The number of nitrogens with zero attached hydrogens (tertiary/aromatic N) is 2. The molecule has 1 saturated heterocycles. The maximum Gasteiger partial charge on any atom is 0.0938 e. The summed E-state index contributed by atoms with van der Waals surface area (Å²) in [6.07, 6.45) is 0. The van der Waals surface area contributed by atoms with Crippen molar-refractivity contribution in [3.63, 3.8) is 0 Å². The Morgan fingerprint density at radius 3 is 2.70 bits per heavy atom. The van der Waals surface area contributed by atoms with E-state index in [0.29, 0.717) is 6.54 Å². The molecule has 1 aliphatic heterocycles. The third-order valence-corrected chi connectivity index (χ3v) is 1.61. The molecular formula is C6H12N2O2. The number of nitroso groups, excluding NO2 is 1. The van der Waals surface area contributed by atoms with E-state index in [-0.39, 0.29) is 0 Å². The molecule has 1 fully saturated rings. The van der Waals surface area contributed by atoms with E-state index in [1.807, 2.05) is 0 Å². The lowest BCUT2D eigenvalue weighted by Crippen LogP contribution is -2.37. The average Bonchev–Trinajstić information content (AvgIpc) is 2.03. The molecule has 4 nitrogen and oxygen atoms in total. The van der Waals surface area contributed by atoms with Crippen LogP contribution < -0.4 is 0 Å². The highest BCUT2D eigenvalue weighted by molar-refractivity contribution is 4.62. The standard InChI is InChI=1S/C6H12N2O2/c9-7-1-2-8-3-5-10-6-4-8/h1-6H2. The van der Waals surface area contributed by atoms with Gasteiger partial charge in [0.25, 0.3) is 0 Å². The van der Waals surface area contributed by atoms with Crippen LogP contribution in [0.1, 0.15) is 0 Å². The minimum atomic E-state index is 0.403. The third kappa shape index (κ3) is 2.41. The number of morpholine rings is 1. The van der Waals surface area contributed by atoms with Gasteiger partial charge in [-0.1, -0.05) is 5.18 Å². The zero-order valence-corrected chi connectivity index (χ0v) is 5.95. The molecule has 0 aromatic rings. The molecule has 10 heavy (non-hydrogen) atoms. The highest BCUT2D eigenvalue weighted by Crippen LogP contribution is 1.94. The fourth-order valence-electron chi connectivity index (χ4n) is 1.01. The monoisotopic (exact) mass is 144 g/mol. The summed E-state index contributed by atoms with van der Waals surface area (Å²) in [7, 11) is 0. The molecule has 4 heteroatoms. The molecule has 0 aromatic carbocycles. The predicted octanol–water partition coefficient (Wildman–Crippen LogP) is 0.0850. The lowest BCUT2D eigenvalue weighted by Gasteiger charge is -2.25. The number of hydrogen-bond donors (Lipinski definition) is 0. The van der Waals surface area contributed by atoms with Crippen molar-refractivity contribution in [1.29, 1.82) is 0 Å². The van der Waals surface area contributed by atoms with Crippen molar-refractivity contribution in [1.82, 2.24) is 4.90 Å². The van der Waals surface area contributed by atoms with E-state index in [2.05, 4.69) is 10.1 Å². The first-order chi connectivity index (χ1) is 4.93. The Morgan fingerprint density at radius 1 is 1.40 bits per heavy atom. The van der Waals surface area contributed by atoms with Crippen molar-refractivity contribution in [2.75, 3.05) is 39.4 Å². The van der Waals surface area contributed by atoms with E-state index in [4.69, 9.17) is 4.74 Å². The normalized spacial score (nSPS) is 20.8. The summed E-state index contributed by atoms with van der Waals surface area (Å²) in [5.41, 5.74) is 0. The molecule has 1 aliphatic rings. The van der Waals surface area contributed by atoms with Gasteiger partial charge in [-0.2, -0.15) is 4.91 Å². The Labute approximate surface area is 60.1 Å². The summed E-state index contributed by atoms with van der Waals surface area (Å²) in [4.78, 5) is 11.9. The average molecular weight is 144 g/mol. The smallest absolute Gasteiger partial charge is 0.0938 e. The second-order valence-electron chi connectivity index (χ2n) is 2.31. The van der Waals surface area contributed by atoms with E-state index >= 15 is 0 Å². The van der Waals surface area contributed by atoms with Crippen molar-refractivity contribution < 1.29 is 4.74 Å². The number of hydrogen-bond acceptors (Lipinski definition) is 4. The molecule has 1 heterocycles. The van der Waals surface area contributed by atoms with Crippen LogP contribution in [0.2, 0.25) is 0 Å². The molecule has 0 bridgehead atoms. The molecule has 0 amide bonds. The van der Waals surface area contributed by atoms with Gasteiger partial charge in [0.2, 0.25) is 0 Å². The van der Waals surface area contributed by atoms with Crippen LogP contribution in [0.4, 0.5) is 0 Å². The van der Waals surface area contributed by atoms with Gasteiger partial charge in [0.05, 0.1) is 19.8 Å². The molecule has 0 radical (unpaired) electrons. The number of ether oxygens (including phenoxy) is 1. The van der Waals surface area contributed by atoms with Gasteiger partial charge < -0.3 is 4.74 Å². The van der Waals surface area contributed by atoms with Gasteiger partial charge in [-0.3, -0.25) is 4.90 Å². The Balaban J connectivity index is 2.07. The zero-order chi connectivity index (χ0) is 7.23. The van der Waals surface area contributed by atoms with Gasteiger partial charge >= 0.3 is 0 Å². The molecule has 0 spiro atoms. The summed E-state index contributed by atoms with van der Waals surface area (Å²) in [5.74, 6) is 0. The van der Waals surface area contributed by atoms with Gasteiger partial charge in [0.15, 0.2) is 0 Å². The zero-order valence-electron chi connectivity index (χ0n) is 5.95. The minimum absolute atomic E-state index is 0.403. The fourth-order valence-corrected chi connectivity index (χ4v) is 1.01. The van der Waals surface area contributed by atoms with Crippen LogP contribution in [0, 0.1) is 4.91 Å². The number of rotatable bonds is 3. The summed E-state index contributed by atoms with van der Waals surface area (Å²) in [6, 6.07) is 0. The van der Waals surface area contributed by atoms with Crippen LogP contribution in [0.25, 0.3) is 0 Å². The van der Waals surface area contributed by atoms with Crippen LogP contribution in [0.15, 0.2) is 5.18 Å².